The van der Waals surface area contributed by atoms with Crippen LogP contribution in [0.1, 0.15) is 25.3 Å². The summed E-state index contributed by atoms with van der Waals surface area (Å²) in [4.78, 5) is 24.4. The molecule has 0 aliphatic carbocycles. The lowest BCUT2D eigenvalue weighted by Crippen LogP contribution is -2.42. The van der Waals surface area contributed by atoms with Gasteiger partial charge in [-0.1, -0.05) is 18.2 Å². The average molecular weight is 459 g/mol. The number of hydrogen-bond donors (Lipinski definition) is 1. The Labute approximate surface area is 185 Å². The van der Waals surface area contributed by atoms with Crippen LogP contribution in [0.25, 0.3) is 0 Å². The third-order valence-corrected chi connectivity index (χ3v) is 7.09. The molecule has 1 N–H and O–H groups in total. The van der Waals surface area contributed by atoms with Crippen molar-refractivity contribution in [2.45, 2.75) is 30.8 Å². The molecule has 168 valence electrons. The Morgan fingerprint density at radius 1 is 1.19 bits per heavy atom. The number of nitrogens with one attached hydrogen (secondary N) is 1. The third-order valence-electron chi connectivity index (χ3n) is 5.16. The molecule has 2 aromatic rings. The molecule has 1 aliphatic rings. The van der Waals surface area contributed by atoms with Crippen molar-refractivity contribution in [3.8, 4) is 6.07 Å². The summed E-state index contributed by atoms with van der Waals surface area (Å²) in [5, 5.41) is 11.5. The van der Waals surface area contributed by atoms with Crippen molar-refractivity contribution in [1.29, 1.82) is 5.26 Å². The summed E-state index contributed by atoms with van der Waals surface area (Å²) in [5.74, 6) is -2.54. The summed E-state index contributed by atoms with van der Waals surface area (Å²) in [7, 11) is -4.00. The first kappa shape index (κ1) is 23.4. The number of piperidine rings is 1. The number of anilines is 1. The van der Waals surface area contributed by atoms with Gasteiger partial charge in [-0.2, -0.15) is 9.57 Å². The quantitative estimate of drug-likeness (QED) is 0.664. The number of benzene rings is 2. The molecule has 0 unspecified atom stereocenters. The zero-order chi connectivity index (χ0) is 23.3. The Morgan fingerprint density at radius 2 is 1.88 bits per heavy atom. The Balaban J connectivity index is 1.54. The van der Waals surface area contributed by atoms with Crippen LogP contribution in [0.15, 0.2) is 53.4 Å². The van der Waals surface area contributed by atoms with Gasteiger partial charge in [0.25, 0.3) is 5.91 Å². The molecule has 0 spiro atoms. The van der Waals surface area contributed by atoms with Gasteiger partial charge in [-0.3, -0.25) is 9.59 Å². The van der Waals surface area contributed by atoms with E-state index in [2.05, 4.69) is 5.32 Å². The Hall–Kier alpha value is -3.29. The van der Waals surface area contributed by atoms with E-state index >= 15 is 0 Å². The highest BCUT2D eigenvalue weighted by atomic mass is 32.2. The van der Waals surface area contributed by atoms with Crippen molar-refractivity contribution in [3.63, 3.8) is 0 Å². The van der Waals surface area contributed by atoms with Gasteiger partial charge < -0.3 is 10.1 Å². The van der Waals surface area contributed by atoms with Crippen molar-refractivity contribution >= 4 is 27.6 Å². The number of rotatable bonds is 6. The smallest absolute Gasteiger partial charge is 0.309 e. The minimum atomic E-state index is -4.00. The lowest BCUT2D eigenvalue weighted by Gasteiger charge is -2.30. The van der Waals surface area contributed by atoms with E-state index in [9.17, 15) is 22.4 Å². The van der Waals surface area contributed by atoms with Gasteiger partial charge in [0, 0.05) is 18.8 Å². The summed E-state index contributed by atoms with van der Waals surface area (Å²) >= 11 is 0. The lowest BCUT2D eigenvalue weighted by molar-refractivity contribution is -0.158. The van der Waals surface area contributed by atoms with Crippen LogP contribution in [0.4, 0.5) is 10.1 Å². The normalized spacial score (nSPS) is 16.0. The van der Waals surface area contributed by atoms with Crippen LogP contribution in [0, 0.1) is 23.1 Å². The molecule has 8 nitrogen and oxygen atoms in total. The van der Waals surface area contributed by atoms with Gasteiger partial charge >= 0.3 is 5.97 Å². The maximum absolute atomic E-state index is 13.9. The second-order valence-corrected chi connectivity index (χ2v) is 9.28. The minimum Gasteiger partial charge on any atom is -0.452 e. The average Bonchev–Trinajstić information content (AvgIpc) is 2.79. The SMILES string of the molecule is C[C@H](OC(=O)C1CCN(S(=O)(=O)c2ccccc2F)CC1)C(=O)Nc1cccc(C#N)c1. The van der Waals surface area contributed by atoms with Crippen molar-refractivity contribution in [2.24, 2.45) is 5.92 Å². The van der Waals surface area contributed by atoms with Crippen molar-refractivity contribution < 1.29 is 27.1 Å². The highest BCUT2D eigenvalue weighted by Gasteiger charge is 2.35. The third kappa shape index (κ3) is 5.30. The van der Waals surface area contributed by atoms with Crippen molar-refractivity contribution in [3.05, 3.63) is 59.9 Å². The Kier molecular flexibility index (Phi) is 7.22. The van der Waals surface area contributed by atoms with Gasteiger partial charge in [-0.25, -0.2) is 12.8 Å². The summed E-state index contributed by atoms with van der Waals surface area (Å²) < 4.78 is 45.7. The maximum Gasteiger partial charge on any atom is 0.309 e. The predicted molar refractivity (Wildman–Crippen MR) is 113 cm³/mol. The van der Waals surface area contributed by atoms with Gasteiger partial charge in [0.1, 0.15) is 10.7 Å². The van der Waals surface area contributed by atoms with Crippen molar-refractivity contribution in [1.82, 2.24) is 4.31 Å². The van der Waals surface area contributed by atoms with E-state index < -0.39 is 44.6 Å². The van der Waals surface area contributed by atoms with Crippen LogP contribution >= 0.6 is 0 Å². The fourth-order valence-electron chi connectivity index (χ4n) is 3.36. The Morgan fingerprint density at radius 3 is 2.53 bits per heavy atom. The molecule has 2 aromatic carbocycles. The Bertz CT molecular complexity index is 1150. The zero-order valence-corrected chi connectivity index (χ0v) is 18.1. The molecule has 0 bridgehead atoms. The molecule has 0 saturated carbocycles. The first-order valence-electron chi connectivity index (χ1n) is 9.98. The van der Waals surface area contributed by atoms with Gasteiger partial charge in [0.2, 0.25) is 10.0 Å². The number of carbonyl (C=O) groups excluding carboxylic acids is 2. The van der Waals surface area contributed by atoms with Crippen LogP contribution < -0.4 is 5.32 Å². The molecular weight excluding hydrogens is 437 g/mol. The molecule has 1 atom stereocenters. The number of sulfonamides is 1. The van der Waals surface area contributed by atoms with E-state index in [4.69, 9.17) is 10.00 Å². The van der Waals surface area contributed by atoms with Crippen LogP contribution in [0.5, 0.6) is 0 Å². The molecule has 1 aliphatic heterocycles. The van der Waals surface area contributed by atoms with Crippen LogP contribution in [-0.4, -0.2) is 43.8 Å². The van der Waals surface area contributed by atoms with E-state index in [-0.39, 0.29) is 25.9 Å². The number of carbonyl (C=O) groups is 2. The second-order valence-electron chi connectivity index (χ2n) is 7.37. The number of nitriles is 1. The van der Waals surface area contributed by atoms with Gasteiger partial charge in [0.05, 0.1) is 17.6 Å². The van der Waals surface area contributed by atoms with Crippen LogP contribution in [-0.2, 0) is 24.3 Å². The topological polar surface area (TPSA) is 117 Å². The molecule has 10 heteroatoms. The molecule has 1 fully saturated rings. The van der Waals surface area contributed by atoms with Gasteiger partial charge in [0.15, 0.2) is 6.10 Å². The van der Waals surface area contributed by atoms with Crippen molar-refractivity contribution in [2.75, 3.05) is 18.4 Å². The zero-order valence-electron chi connectivity index (χ0n) is 17.3. The molecule has 1 saturated heterocycles. The molecule has 3 rings (SSSR count). The monoisotopic (exact) mass is 459 g/mol. The number of ether oxygens (including phenoxy) is 1. The molecule has 1 heterocycles. The first-order chi connectivity index (χ1) is 15.2. The fourth-order valence-corrected chi connectivity index (χ4v) is 4.89. The first-order valence-corrected chi connectivity index (χ1v) is 11.4. The molecular formula is C22H22FN3O5S. The standard InChI is InChI=1S/C22H22FN3O5S/c1-15(21(27)25-18-6-4-5-16(13-18)14-24)31-22(28)17-9-11-26(12-10-17)32(29,30)20-8-3-2-7-19(20)23/h2-8,13,15,17H,9-12H2,1H3,(H,25,27)/t15-/m0/s1. The summed E-state index contributed by atoms with van der Waals surface area (Å²) in [6.45, 7) is 1.51. The molecule has 0 aromatic heterocycles. The minimum absolute atomic E-state index is 0.0396. The summed E-state index contributed by atoms with van der Waals surface area (Å²) in [6, 6.07) is 13.4. The fraction of sp³-hybridized carbons (Fsp3) is 0.318. The number of nitrogens with zero attached hydrogens (tertiary/aromatic N) is 2. The van der Waals surface area contributed by atoms with E-state index in [0.29, 0.717) is 11.3 Å². The van der Waals surface area contributed by atoms with Gasteiger partial charge in [-0.05, 0) is 50.1 Å². The number of amides is 1. The van der Waals surface area contributed by atoms with E-state index in [0.717, 1.165) is 10.4 Å². The molecule has 0 radical (unpaired) electrons. The van der Waals surface area contributed by atoms with E-state index in [1.807, 2.05) is 6.07 Å². The van der Waals surface area contributed by atoms with Crippen LogP contribution in [0.2, 0.25) is 0 Å². The maximum atomic E-state index is 13.9. The second kappa shape index (κ2) is 9.89. The predicted octanol–water partition coefficient (Wildman–Crippen LogP) is 2.67. The summed E-state index contributed by atoms with van der Waals surface area (Å²) in [5.41, 5.74) is 0.785. The molecule has 32 heavy (non-hydrogen) atoms. The number of esters is 1. The molecule has 1 amide bonds. The highest BCUT2D eigenvalue weighted by Crippen LogP contribution is 2.26. The largest absolute Gasteiger partial charge is 0.452 e. The van der Waals surface area contributed by atoms with E-state index in [1.54, 1.807) is 18.2 Å². The summed E-state index contributed by atoms with van der Waals surface area (Å²) in [6.07, 6.45) is -0.677. The highest BCUT2D eigenvalue weighted by molar-refractivity contribution is 7.89. The number of hydrogen-bond acceptors (Lipinski definition) is 6. The van der Waals surface area contributed by atoms with Crippen LogP contribution in [0.3, 0.4) is 0 Å². The van der Waals surface area contributed by atoms with Gasteiger partial charge in [-0.15, -0.1) is 0 Å². The lowest BCUT2D eigenvalue weighted by atomic mass is 9.98. The van der Waals surface area contributed by atoms with E-state index in [1.165, 1.54) is 31.2 Å². The number of halogens is 1.